The molecule has 0 bridgehead atoms. The van der Waals surface area contributed by atoms with Crippen LogP contribution in [-0.4, -0.2) is 55.6 Å². The zero-order chi connectivity index (χ0) is 15.7. The summed E-state index contributed by atoms with van der Waals surface area (Å²) in [5.41, 5.74) is 0.857. The van der Waals surface area contributed by atoms with Crippen LogP contribution in [0.15, 0.2) is 34.7 Å². The maximum atomic E-state index is 12.6. The number of likely N-dealkylation sites (N-methyl/N-ethyl adjacent to an activating group) is 2. The normalized spacial score (nSPS) is 22.3. The van der Waals surface area contributed by atoms with Gasteiger partial charge in [-0.3, -0.25) is 9.69 Å². The minimum atomic E-state index is -0.112. The summed E-state index contributed by atoms with van der Waals surface area (Å²) in [5, 5.41) is 1.07. The Kier molecular flexibility index (Phi) is 4.18. The summed E-state index contributed by atoms with van der Waals surface area (Å²) >= 11 is 0. The summed E-state index contributed by atoms with van der Waals surface area (Å²) in [6, 6.07) is 9.76. The van der Waals surface area contributed by atoms with Crippen LogP contribution in [0.5, 0.6) is 0 Å². The Balaban J connectivity index is 1.68. The number of benzene rings is 1. The van der Waals surface area contributed by atoms with Crippen molar-refractivity contribution in [2.45, 2.75) is 25.1 Å². The molecule has 2 aromatic rings. The number of likely N-dealkylation sites (tertiary alicyclic amines) is 1. The van der Waals surface area contributed by atoms with Crippen LogP contribution in [-0.2, 0) is 16.1 Å². The molecule has 0 radical (unpaired) electrons. The predicted molar refractivity (Wildman–Crippen MR) is 84.5 cm³/mol. The second kappa shape index (κ2) is 6.10. The molecule has 1 aliphatic rings. The van der Waals surface area contributed by atoms with E-state index in [1.54, 1.807) is 12.0 Å². The van der Waals surface area contributed by atoms with Crippen molar-refractivity contribution < 1.29 is 13.9 Å². The third kappa shape index (κ3) is 2.87. The summed E-state index contributed by atoms with van der Waals surface area (Å²) in [4.78, 5) is 16.4. The summed E-state index contributed by atoms with van der Waals surface area (Å²) in [7, 11) is 5.49. The van der Waals surface area contributed by atoms with Crippen molar-refractivity contribution in [1.82, 2.24) is 9.80 Å². The van der Waals surface area contributed by atoms with Gasteiger partial charge in [-0.2, -0.15) is 0 Å². The largest absolute Gasteiger partial charge is 0.459 e. The summed E-state index contributed by atoms with van der Waals surface area (Å²) in [5.74, 6) is 0.920. The summed E-state index contributed by atoms with van der Waals surface area (Å²) in [6.45, 7) is 1.28. The highest BCUT2D eigenvalue weighted by molar-refractivity contribution is 5.82. The number of fused-ring (bicyclic) bond motifs is 1. The molecule has 3 rings (SSSR count). The van der Waals surface area contributed by atoms with E-state index in [4.69, 9.17) is 9.15 Å². The molecule has 0 N–H and O–H groups in total. The van der Waals surface area contributed by atoms with Gasteiger partial charge in [-0.15, -0.1) is 0 Å². The van der Waals surface area contributed by atoms with Crippen molar-refractivity contribution in [1.29, 1.82) is 0 Å². The monoisotopic (exact) mass is 302 g/mol. The van der Waals surface area contributed by atoms with E-state index in [1.807, 2.05) is 44.4 Å². The van der Waals surface area contributed by atoms with Crippen LogP contribution in [0.1, 0.15) is 12.2 Å². The fourth-order valence-electron chi connectivity index (χ4n) is 3.09. The topological polar surface area (TPSA) is 45.9 Å². The second-order valence-electron chi connectivity index (χ2n) is 5.99. The van der Waals surface area contributed by atoms with Crippen molar-refractivity contribution in [3.05, 3.63) is 36.1 Å². The molecule has 0 aliphatic carbocycles. The first-order valence-corrected chi connectivity index (χ1v) is 7.54. The average Bonchev–Trinajstić information content (AvgIpc) is 3.08. The molecule has 1 amide bonds. The van der Waals surface area contributed by atoms with Crippen LogP contribution in [0.4, 0.5) is 0 Å². The quantitative estimate of drug-likeness (QED) is 0.868. The molecule has 0 unspecified atom stereocenters. The SMILES string of the molecule is CO[C@H]1C[C@@H](C(=O)N(C)Cc2cc3ccccc3o2)N(C)C1. The van der Waals surface area contributed by atoms with E-state index in [0.29, 0.717) is 6.54 Å². The molecule has 1 fully saturated rings. The van der Waals surface area contributed by atoms with Crippen LogP contribution >= 0.6 is 0 Å². The predicted octanol–water partition coefficient (Wildman–Crippen LogP) is 2.11. The molecular weight excluding hydrogens is 280 g/mol. The Hall–Kier alpha value is -1.85. The number of methoxy groups -OCH3 is 1. The summed E-state index contributed by atoms with van der Waals surface area (Å²) in [6.07, 6.45) is 0.884. The average molecular weight is 302 g/mol. The van der Waals surface area contributed by atoms with Gasteiger partial charge < -0.3 is 14.1 Å². The molecule has 2 heterocycles. The van der Waals surface area contributed by atoms with E-state index >= 15 is 0 Å². The van der Waals surface area contributed by atoms with Crippen LogP contribution in [0.25, 0.3) is 11.0 Å². The number of hydrogen-bond acceptors (Lipinski definition) is 4. The first-order valence-electron chi connectivity index (χ1n) is 7.54. The number of ether oxygens (including phenoxy) is 1. The smallest absolute Gasteiger partial charge is 0.240 e. The van der Waals surface area contributed by atoms with E-state index in [-0.39, 0.29) is 18.1 Å². The van der Waals surface area contributed by atoms with Crippen molar-refractivity contribution in [3.63, 3.8) is 0 Å². The molecule has 2 atom stereocenters. The first kappa shape index (κ1) is 15.1. The molecule has 0 spiro atoms. The molecule has 0 saturated carbocycles. The minimum absolute atomic E-state index is 0.112. The standard InChI is InChI=1S/C17H22N2O3/c1-18-10-13(21-3)9-15(18)17(20)19(2)11-14-8-12-6-4-5-7-16(12)22-14/h4-8,13,15H,9-11H2,1-3H3/t13-,15-/m0/s1. The van der Waals surface area contributed by atoms with Gasteiger partial charge in [-0.25, -0.2) is 0 Å². The molecule has 1 aromatic heterocycles. The first-order chi connectivity index (χ1) is 10.6. The van der Waals surface area contributed by atoms with Gasteiger partial charge in [0.05, 0.1) is 18.7 Å². The number of para-hydroxylation sites is 1. The fraction of sp³-hybridized carbons (Fsp3) is 0.471. The summed E-state index contributed by atoms with van der Waals surface area (Å²) < 4.78 is 11.2. The molecular formula is C17H22N2O3. The van der Waals surface area contributed by atoms with Gasteiger partial charge in [0, 0.05) is 26.1 Å². The Labute approximate surface area is 130 Å². The minimum Gasteiger partial charge on any atom is -0.459 e. The van der Waals surface area contributed by atoms with Crippen LogP contribution in [0.3, 0.4) is 0 Å². The lowest BCUT2D eigenvalue weighted by Gasteiger charge is -2.24. The van der Waals surface area contributed by atoms with Crippen molar-refractivity contribution in [3.8, 4) is 0 Å². The van der Waals surface area contributed by atoms with Gasteiger partial charge in [0.1, 0.15) is 11.3 Å². The van der Waals surface area contributed by atoms with Gasteiger partial charge >= 0.3 is 0 Å². The number of carbonyl (C=O) groups is 1. The van der Waals surface area contributed by atoms with Gasteiger partial charge in [-0.05, 0) is 25.6 Å². The van der Waals surface area contributed by atoms with Gasteiger partial charge in [0.2, 0.25) is 5.91 Å². The molecule has 1 aromatic carbocycles. The molecule has 1 aliphatic heterocycles. The van der Waals surface area contributed by atoms with E-state index in [9.17, 15) is 4.79 Å². The highest BCUT2D eigenvalue weighted by atomic mass is 16.5. The number of amides is 1. The number of nitrogens with zero attached hydrogens (tertiary/aromatic N) is 2. The lowest BCUT2D eigenvalue weighted by Crippen LogP contribution is -2.42. The van der Waals surface area contributed by atoms with Crippen LogP contribution in [0, 0.1) is 0 Å². The van der Waals surface area contributed by atoms with E-state index in [1.165, 1.54) is 0 Å². The molecule has 22 heavy (non-hydrogen) atoms. The Morgan fingerprint density at radius 1 is 1.45 bits per heavy atom. The lowest BCUT2D eigenvalue weighted by atomic mass is 10.1. The molecule has 1 saturated heterocycles. The van der Waals surface area contributed by atoms with Crippen molar-refractivity contribution in [2.24, 2.45) is 0 Å². The molecule has 118 valence electrons. The lowest BCUT2D eigenvalue weighted by molar-refractivity contribution is -0.135. The van der Waals surface area contributed by atoms with Crippen LogP contribution in [0.2, 0.25) is 0 Å². The van der Waals surface area contributed by atoms with E-state index in [2.05, 4.69) is 4.90 Å². The maximum Gasteiger partial charge on any atom is 0.240 e. The van der Waals surface area contributed by atoms with E-state index in [0.717, 1.165) is 29.7 Å². The highest BCUT2D eigenvalue weighted by Gasteiger charge is 2.36. The fourth-order valence-corrected chi connectivity index (χ4v) is 3.09. The third-order valence-electron chi connectivity index (χ3n) is 4.37. The third-order valence-corrected chi connectivity index (χ3v) is 4.37. The Morgan fingerprint density at radius 2 is 2.23 bits per heavy atom. The van der Waals surface area contributed by atoms with E-state index < -0.39 is 0 Å². The highest BCUT2D eigenvalue weighted by Crippen LogP contribution is 2.22. The number of carbonyl (C=O) groups excluding carboxylic acids is 1. The second-order valence-corrected chi connectivity index (χ2v) is 5.99. The zero-order valence-electron chi connectivity index (χ0n) is 13.3. The maximum absolute atomic E-state index is 12.6. The van der Waals surface area contributed by atoms with Crippen molar-refractivity contribution >= 4 is 16.9 Å². The van der Waals surface area contributed by atoms with Gasteiger partial charge in [-0.1, -0.05) is 18.2 Å². The van der Waals surface area contributed by atoms with Gasteiger partial charge in [0.15, 0.2) is 0 Å². The number of hydrogen-bond donors (Lipinski definition) is 0. The van der Waals surface area contributed by atoms with Gasteiger partial charge in [0.25, 0.3) is 0 Å². The zero-order valence-corrected chi connectivity index (χ0v) is 13.3. The number of rotatable bonds is 4. The Bertz CT molecular complexity index is 634. The van der Waals surface area contributed by atoms with Crippen molar-refractivity contribution in [2.75, 3.05) is 27.7 Å². The molecule has 5 heteroatoms. The number of furan rings is 1. The Morgan fingerprint density at radius 3 is 2.91 bits per heavy atom. The van der Waals surface area contributed by atoms with Crippen LogP contribution < -0.4 is 0 Å². The molecule has 5 nitrogen and oxygen atoms in total.